The molecule has 2 aliphatic heterocycles. The number of hydrogen-bond acceptors (Lipinski definition) is 13. The molecule has 9 N–H and O–H groups in total. The summed E-state index contributed by atoms with van der Waals surface area (Å²) in [5, 5.41) is 87.0. The molecule has 0 spiro atoms. The van der Waals surface area contributed by atoms with Gasteiger partial charge in [-0.15, -0.1) is 0 Å². The third kappa shape index (κ3) is 31.6. The number of amides is 1. The number of aliphatic hydroxyl groups excluding tert-OH is 8. The fourth-order valence-electron chi connectivity index (χ4n) is 8.56. The quantitative estimate of drug-likeness (QED) is 0.0205. The van der Waals surface area contributed by atoms with Crippen LogP contribution in [0.3, 0.4) is 0 Å². The van der Waals surface area contributed by atoms with Crippen LogP contribution < -0.4 is 5.32 Å². The smallest absolute Gasteiger partial charge is 0.220 e. The Morgan fingerprint density at radius 1 is 0.493 bits per heavy atom. The van der Waals surface area contributed by atoms with Crippen LogP contribution in [0.15, 0.2) is 109 Å². The first-order chi connectivity index (χ1) is 36.6. The first-order valence-electron chi connectivity index (χ1n) is 28.6. The molecule has 2 heterocycles. The standard InChI is InChI=1S/C61H101NO13/c1-3-5-7-9-11-13-15-17-19-21-23-24-25-26-27-29-31-33-35-37-39-41-43-45-53(66)62-49(50(65)44-42-40-38-36-34-32-30-28-22-20-18-16-14-12-10-8-6-4-2)48-72-60-58(71)56(69)59(52(47-64)74-60)75-61-57(70)55(68)54(67)51(46-63)73-61/h5,7,11,13,17,19,22-24,26-28,31,33-34,36,42,44,49-52,54-61,63-65,67-71H,3-4,6,8-10,12,14-16,18,20-21,25,29-30,32,35,37-41,43,45-48H2,1-2H3,(H,62,66)/b7-5-,13-11-,19-17-,24-23-,27-26-,28-22+,33-31-,36-34+,44-42+. The zero-order valence-corrected chi connectivity index (χ0v) is 45.7. The van der Waals surface area contributed by atoms with Gasteiger partial charge in [0.15, 0.2) is 12.6 Å². The predicted octanol–water partition coefficient (Wildman–Crippen LogP) is 9.27. The molecular weight excluding hydrogens is 955 g/mol. The molecule has 0 radical (unpaired) electrons. The molecule has 2 saturated heterocycles. The highest BCUT2D eigenvalue weighted by Crippen LogP contribution is 2.30. The van der Waals surface area contributed by atoms with Crippen LogP contribution in [0.4, 0.5) is 0 Å². The highest BCUT2D eigenvalue weighted by molar-refractivity contribution is 5.76. The van der Waals surface area contributed by atoms with E-state index in [1.165, 1.54) is 51.4 Å². The Kier molecular flexibility index (Phi) is 41.2. The Hall–Kier alpha value is -3.35. The van der Waals surface area contributed by atoms with Crippen molar-refractivity contribution in [1.29, 1.82) is 0 Å². The lowest BCUT2D eigenvalue weighted by Crippen LogP contribution is -2.65. The molecule has 0 saturated carbocycles. The fourth-order valence-corrected chi connectivity index (χ4v) is 8.56. The molecule has 2 aliphatic rings. The van der Waals surface area contributed by atoms with Gasteiger partial charge in [0.2, 0.25) is 5.91 Å². The topological polar surface area (TPSA) is 228 Å². The molecule has 428 valence electrons. The second-order valence-electron chi connectivity index (χ2n) is 19.7. The molecule has 75 heavy (non-hydrogen) atoms. The van der Waals surface area contributed by atoms with Gasteiger partial charge in [0.25, 0.3) is 0 Å². The Labute approximate surface area is 451 Å². The number of nitrogens with one attached hydrogen (secondary N) is 1. The van der Waals surface area contributed by atoms with E-state index in [1.54, 1.807) is 6.08 Å². The van der Waals surface area contributed by atoms with Gasteiger partial charge in [0, 0.05) is 6.42 Å². The van der Waals surface area contributed by atoms with Gasteiger partial charge in [-0.3, -0.25) is 4.79 Å². The summed E-state index contributed by atoms with van der Waals surface area (Å²) in [6.07, 6.45) is 46.9. The lowest BCUT2D eigenvalue weighted by Gasteiger charge is -2.46. The fraction of sp³-hybridized carbons (Fsp3) is 0.689. The highest BCUT2D eigenvalue weighted by atomic mass is 16.7. The van der Waals surface area contributed by atoms with Crippen molar-refractivity contribution in [2.75, 3.05) is 19.8 Å². The van der Waals surface area contributed by atoms with Crippen LogP contribution in [0.5, 0.6) is 0 Å². The summed E-state index contributed by atoms with van der Waals surface area (Å²) in [5.74, 6) is -0.283. The van der Waals surface area contributed by atoms with Crippen LogP contribution in [0.1, 0.15) is 174 Å². The molecule has 2 rings (SSSR count). The Morgan fingerprint density at radius 3 is 1.47 bits per heavy atom. The van der Waals surface area contributed by atoms with Gasteiger partial charge < -0.3 is 65.1 Å². The van der Waals surface area contributed by atoms with Gasteiger partial charge in [0.1, 0.15) is 48.8 Å². The summed E-state index contributed by atoms with van der Waals surface area (Å²) in [6.45, 7) is 2.61. The molecule has 0 bridgehead atoms. The van der Waals surface area contributed by atoms with E-state index in [0.29, 0.717) is 12.8 Å². The van der Waals surface area contributed by atoms with Crippen molar-refractivity contribution in [2.24, 2.45) is 0 Å². The average Bonchev–Trinajstić information content (AvgIpc) is 3.41. The Morgan fingerprint density at radius 2 is 0.933 bits per heavy atom. The number of rotatable bonds is 43. The zero-order valence-electron chi connectivity index (χ0n) is 45.7. The number of carbonyl (C=O) groups excluding carboxylic acids is 1. The molecular formula is C61H101NO13. The van der Waals surface area contributed by atoms with Gasteiger partial charge in [-0.05, 0) is 96.3 Å². The van der Waals surface area contributed by atoms with E-state index in [2.05, 4.69) is 116 Å². The Balaban J connectivity index is 1.83. The van der Waals surface area contributed by atoms with E-state index in [-0.39, 0.29) is 18.9 Å². The van der Waals surface area contributed by atoms with Crippen molar-refractivity contribution in [3.63, 3.8) is 0 Å². The summed E-state index contributed by atoms with van der Waals surface area (Å²) in [7, 11) is 0. The lowest BCUT2D eigenvalue weighted by molar-refractivity contribution is -0.359. The SMILES string of the molecule is CC/C=C\C/C=C\C/C=C\C/C=C\C/C=C\C/C=C\CCCCCCC(=O)NC(COC1OC(CO)C(OC2OC(CO)C(O)C(O)C2O)C(O)C1O)C(O)/C=C/CC/C=C/CC/C=C/CCCCCCCCCC. The number of carbonyl (C=O) groups is 1. The van der Waals surface area contributed by atoms with Crippen molar-refractivity contribution in [3.8, 4) is 0 Å². The second kappa shape index (κ2) is 45.6. The van der Waals surface area contributed by atoms with Crippen molar-refractivity contribution in [3.05, 3.63) is 109 Å². The highest BCUT2D eigenvalue weighted by Gasteiger charge is 2.51. The summed E-state index contributed by atoms with van der Waals surface area (Å²) in [6, 6.07) is -0.960. The van der Waals surface area contributed by atoms with Crippen LogP contribution in [0.2, 0.25) is 0 Å². The van der Waals surface area contributed by atoms with Gasteiger partial charge in [0.05, 0.1) is 32.0 Å². The van der Waals surface area contributed by atoms with Crippen LogP contribution >= 0.6 is 0 Å². The van der Waals surface area contributed by atoms with E-state index in [9.17, 15) is 45.6 Å². The van der Waals surface area contributed by atoms with Gasteiger partial charge in [-0.25, -0.2) is 0 Å². The normalized spacial score (nSPS) is 25.9. The van der Waals surface area contributed by atoms with Crippen LogP contribution in [0, 0.1) is 0 Å². The molecule has 1 amide bonds. The van der Waals surface area contributed by atoms with E-state index >= 15 is 0 Å². The molecule has 0 aromatic carbocycles. The third-order valence-electron chi connectivity index (χ3n) is 13.2. The summed E-state index contributed by atoms with van der Waals surface area (Å²) in [4.78, 5) is 13.2. The van der Waals surface area contributed by atoms with Crippen molar-refractivity contribution in [1.82, 2.24) is 5.32 Å². The summed E-state index contributed by atoms with van der Waals surface area (Å²) in [5.41, 5.74) is 0. The maximum atomic E-state index is 13.2. The summed E-state index contributed by atoms with van der Waals surface area (Å²) < 4.78 is 22.7. The number of ether oxygens (including phenoxy) is 4. The maximum Gasteiger partial charge on any atom is 0.220 e. The largest absolute Gasteiger partial charge is 0.394 e. The molecule has 12 atom stereocenters. The lowest BCUT2D eigenvalue weighted by atomic mass is 9.97. The number of unbranched alkanes of at least 4 members (excludes halogenated alkanes) is 14. The molecule has 2 fully saturated rings. The third-order valence-corrected chi connectivity index (χ3v) is 13.2. The van der Waals surface area contributed by atoms with Crippen molar-refractivity contribution < 1.29 is 64.6 Å². The maximum absolute atomic E-state index is 13.2. The van der Waals surface area contributed by atoms with E-state index in [0.717, 1.165) is 89.9 Å². The number of hydrogen-bond donors (Lipinski definition) is 9. The van der Waals surface area contributed by atoms with Crippen molar-refractivity contribution >= 4 is 5.91 Å². The zero-order chi connectivity index (χ0) is 54.6. The molecule has 12 unspecified atom stereocenters. The average molecular weight is 1060 g/mol. The minimum atomic E-state index is -1.80. The van der Waals surface area contributed by atoms with Gasteiger partial charge >= 0.3 is 0 Å². The molecule has 0 aliphatic carbocycles. The number of aliphatic hydroxyl groups is 8. The van der Waals surface area contributed by atoms with Crippen molar-refractivity contribution in [2.45, 2.75) is 248 Å². The molecule has 0 aromatic heterocycles. The van der Waals surface area contributed by atoms with E-state index in [1.807, 2.05) is 6.08 Å². The van der Waals surface area contributed by atoms with E-state index < -0.39 is 86.8 Å². The van der Waals surface area contributed by atoms with Gasteiger partial charge in [-0.1, -0.05) is 181 Å². The molecule has 14 nitrogen and oxygen atoms in total. The van der Waals surface area contributed by atoms with Crippen LogP contribution in [0.25, 0.3) is 0 Å². The Bertz CT molecular complexity index is 1670. The molecule has 14 heteroatoms. The molecule has 0 aromatic rings. The van der Waals surface area contributed by atoms with Crippen LogP contribution in [-0.2, 0) is 23.7 Å². The van der Waals surface area contributed by atoms with E-state index in [4.69, 9.17) is 18.9 Å². The second-order valence-corrected chi connectivity index (χ2v) is 19.7. The van der Waals surface area contributed by atoms with Crippen LogP contribution in [-0.4, -0.2) is 140 Å². The van der Waals surface area contributed by atoms with Gasteiger partial charge in [-0.2, -0.15) is 0 Å². The number of allylic oxidation sites excluding steroid dienone is 17. The monoisotopic (exact) mass is 1060 g/mol. The minimum Gasteiger partial charge on any atom is -0.394 e. The summed E-state index contributed by atoms with van der Waals surface area (Å²) >= 11 is 0. The predicted molar refractivity (Wildman–Crippen MR) is 299 cm³/mol. The first-order valence-corrected chi connectivity index (χ1v) is 28.6. The first kappa shape index (κ1) is 67.8. The minimum absolute atomic E-state index is 0.233.